The van der Waals surface area contributed by atoms with Crippen molar-refractivity contribution >= 4 is 14.7 Å². The predicted molar refractivity (Wildman–Crippen MR) is 65.9 cm³/mol. The van der Waals surface area contributed by atoms with Crippen LogP contribution in [0.15, 0.2) is 12.2 Å². The minimum atomic E-state index is -2.22. The van der Waals surface area contributed by atoms with Crippen molar-refractivity contribution in [1.29, 1.82) is 0 Å². The van der Waals surface area contributed by atoms with E-state index in [2.05, 4.69) is 13.5 Å². The lowest BCUT2D eigenvalue weighted by Crippen LogP contribution is -2.42. The Labute approximate surface area is 98.9 Å². The number of nitrogens with two attached hydrogens (primary N) is 1. The molecular weight excluding hydrogens is 226 g/mol. The summed E-state index contributed by atoms with van der Waals surface area (Å²) in [5, 5.41) is 0. The molecule has 0 atom stereocenters. The van der Waals surface area contributed by atoms with Crippen LogP contribution in [-0.2, 0) is 18.1 Å². The van der Waals surface area contributed by atoms with Crippen LogP contribution in [0.25, 0.3) is 0 Å². The fraction of sp³-hybridized carbons (Fsp3) is 0.700. The van der Waals surface area contributed by atoms with E-state index in [1.807, 2.05) is 0 Å². The Morgan fingerprint density at radius 3 is 1.62 bits per heavy atom. The van der Waals surface area contributed by atoms with Gasteiger partial charge in [-0.2, -0.15) is 0 Å². The van der Waals surface area contributed by atoms with Crippen molar-refractivity contribution in [3.63, 3.8) is 0 Å². The van der Waals surface area contributed by atoms with E-state index in [9.17, 15) is 4.79 Å². The second kappa shape index (κ2) is 9.53. The molecule has 1 amide bonds. The number of amides is 1. The van der Waals surface area contributed by atoms with E-state index >= 15 is 0 Å². The minimum Gasteiger partial charge on any atom is -0.377 e. The highest BCUT2D eigenvalue weighted by Gasteiger charge is 2.36. The Morgan fingerprint density at radius 1 is 1.25 bits per heavy atom. The summed E-state index contributed by atoms with van der Waals surface area (Å²) in [6, 6.07) is 0.885. The molecule has 0 aliphatic heterocycles. The van der Waals surface area contributed by atoms with E-state index in [4.69, 9.17) is 19.0 Å². The predicted octanol–water partition coefficient (Wildman–Crippen LogP) is 1.32. The van der Waals surface area contributed by atoms with Gasteiger partial charge < -0.3 is 19.0 Å². The van der Waals surface area contributed by atoms with Gasteiger partial charge in [-0.1, -0.05) is 19.9 Å². The molecule has 0 aromatic heterocycles. The molecule has 2 N–H and O–H groups in total. The van der Waals surface area contributed by atoms with Crippen LogP contribution >= 0.6 is 0 Å². The largest absolute Gasteiger partial charge is 0.500 e. The third kappa shape index (κ3) is 7.58. The standard InChI is InChI=1S/C6H16O3Si.C4H7NO/c1-5-6-10(7-2,8-3)9-4;1-3(2)4(5)6/h5-6H2,1-4H3;1H2,2H3,(H2,5,6). The lowest BCUT2D eigenvalue weighted by atomic mass is 10.3. The molecule has 0 aromatic rings. The summed E-state index contributed by atoms with van der Waals surface area (Å²) in [4.78, 5) is 9.82. The fourth-order valence-corrected chi connectivity index (χ4v) is 2.59. The van der Waals surface area contributed by atoms with Crippen molar-refractivity contribution in [3.05, 3.63) is 12.2 Å². The van der Waals surface area contributed by atoms with Crippen molar-refractivity contribution in [1.82, 2.24) is 0 Å². The van der Waals surface area contributed by atoms with Crippen LogP contribution in [-0.4, -0.2) is 36.0 Å². The van der Waals surface area contributed by atoms with E-state index in [-0.39, 0.29) is 0 Å². The molecule has 96 valence electrons. The van der Waals surface area contributed by atoms with E-state index in [1.54, 1.807) is 28.3 Å². The van der Waals surface area contributed by atoms with Crippen LogP contribution < -0.4 is 5.73 Å². The van der Waals surface area contributed by atoms with Gasteiger partial charge in [0.15, 0.2) is 0 Å². The quantitative estimate of drug-likeness (QED) is 0.569. The zero-order valence-corrected chi connectivity index (χ0v) is 11.8. The number of carbonyl (C=O) groups excluding carboxylic acids is 1. The third-order valence-electron chi connectivity index (χ3n) is 1.91. The molecule has 0 fully saturated rings. The Kier molecular flexibility index (Phi) is 10.5. The third-order valence-corrected chi connectivity index (χ3v) is 4.89. The minimum absolute atomic E-state index is 0.398. The highest BCUT2D eigenvalue weighted by atomic mass is 28.4. The van der Waals surface area contributed by atoms with Crippen LogP contribution in [0, 0.1) is 0 Å². The number of rotatable bonds is 6. The topological polar surface area (TPSA) is 70.8 Å². The molecule has 0 saturated heterocycles. The summed E-state index contributed by atoms with van der Waals surface area (Å²) in [5.74, 6) is -0.435. The summed E-state index contributed by atoms with van der Waals surface area (Å²) in [6.45, 7) is 6.93. The summed E-state index contributed by atoms with van der Waals surface area (Å²) in [5.41, 5.74) is 5.09. The highest BCUT2D eigenvalue weighted by Crippen LogP contribution is 2.13. The average molecular weight is 249 g/mol. The molecule has 6 heteroatoms. The SMILES string of the molecule is C=C(C)C(N)=O.CCC[Si](OC)(OC)OC. The molecule has 0 saturated carbocycles. The van der Waals surface area contributed by atoms with E-state index in [0.717, 1.165) is 12.5 Å². The van der Waals surface area contributed by atoms with Crippen molar-refractivity contribution in [2.75, 3.05) is 21.3 Å². The van der Waals surface area contributed by atoms with Gasteiger partial charge in [0, 0.05) is 32.9 Å². The van der Waals surface area contributed by atoms with E-state index in [0.29, 0.717) is 5.57 Å². The maximum Gasteiger partial charge on any atom is 0.500 e. The van der Waals surface area contributed by atoms with Gasteiger partial charge in [0.05, 0.1) is 0 Å². The van der Waals surface area contributed by atoms with E-state index < -0.39 is 14.7 Å². The van der Waals surface area contributed by atoms with Gasteiger partial charge in [0.1, 0.15) is 0 Å². The molecule has 0 spiro atoms. The average Bonchev–Trinajstić information content (AvgIpc) is 2.27. The molecule has 0 aromatic carbocycles. The summed E-state index contributed by atoms with van der Waals surface area (Å²) in [6.07, 6.45) is 1.03. The van der Waals surface area contributed by atoms with Gasteiger partial charge in [-0.15, -0.1) is 0 Å². The van der Waals surface area contributed by atoms with Crippen LogP contribution in [0.5, 0.6) is 0 Å². The summed E-state index contributed by atoms with van der Waals surface area (Å²) in [7, 11) is 2.68. The molecule has 0 radical (unpaired) electrons. The van der Waals surface area contributed by atoms with Crippen LogP contribution in [0.4, 0.5) is 0 Å². The molecule has 0 bridgehead atoms. The second-order valence-corrected chi connectivity index (χ2v) is 6.28. The van der Waals surface area contributed by atoms with Crippen LogP contribution in [0.2, 0.25) is 6.04 Å². The summed E-state index contributed by atoms with van der Waals surface area (Å²) >= 11 is 0. The monoisotopic (exact) mass is 249 g/mol. The summed E-state index contributed by atoms with van der Waals surface area (Å²) < 4.78 is 15.5. The first-order chi connectivity index (χ1) is 7.39. The zero-order chi connectivity index (χ0) is 13.2. The Bertz CT molecular complexity index is 197. The number of carbonyl (C=O) groups is 1. The molecule has 0 heterocycles. The van der Waals surface area contributed by atoms with Crippen molar-refractivity contribution in [3.8, 4) is 0 Å². The van der Waals surface area contributed by atoms with Crippen molar-refractivity contribution in [2.24, 2.45) is 5.73 Å². The normalized spacial score (nSPS) is 10.3. The van der Waals surface area contributed by atoms with E-state index in [1.165, 1.54) is 0 Å². The maximum absolute atomic E-state index is 9.82. The second-order valence-electron chi connectivity index (χ2n) is 3.19. The van der Waals surface area contributed by atoms with Crippen molar-refractivity contribution in [2.45, 2.75) is 26.3 Å². The highest BCUT2D eigenvalue weighted by molar-refractivity contribution is 6.60. The molecule has 0 rings (SSSR count). The first kappa shape index (κ1) is 17.7. The Balaban J connectivity index is 0. The maximum atomic E-state index is 9.82. The lowest BCUT2D eigenvalue weighted by molar-refractivity contribution is -0.114. The molecule has 0 unspecified atom stereocenters. The van der Waals surface area contributed by atoms with Gasteiger partial charge in [-0.3, -0.25) is 4.79 Å². The fourth-order valence-electron chi connectivity index (χ4n) is 0.862. The molecule has 16 heavy (non-hydrogen) atoms. The first-order valence-electron chi connectivity index (χ1n) is 4.99. The van der Waals surface area contributed by atoms with Crippen molar-refractivity contribution < 1.29 is 18.1 Å². The zero-order valence-electron chi connectivity index (χ0n) is 10.8. The van der Waals surface area contributed by atoms with Crippen LogP contribution in [0.1, 0.15) is 20.3 Å². The number of hydrogen-bond acceptors (Lipinski definition) is 4. The van der Waals surface area contributed by atoms with Gasteiger partial charge in [0.25, 0.3) is 0 Å². The molecule has 0 aliphatic carbocycles. The van der Waals surface area contributed by atoms with Gasteiger partial charge in [-0.05, 0) is 6.92 Å². The molecule has 5 nitrogen and oxygen atoms in total. The Hall–Kier alpha value is -0.693. The smallest absolute Gasteiger partial charge is 0.377 e. The van der Waals surface area contributed by atoms with Crippen LogP contribution in [0.3, 0.4) is 0 Å². The lowest BCUT2D eigenvalue weighted by Gasteiger charge is -2.23. The number of primary amides is 1. The van der Waals surface area contributed by atoms with Gasteiger partial charge in [0.2, 0.25) is 5.91 Å². The first-order valence-corrected chi connectivity index (χ1v) is 6.93. The molecular formula is C10H23NO4Si. The Morgan fingerprint density at radius 2 is 1.56 bits per heavy atom. The molecule has 0 aliphatic rings. The van der Waals surface area contributed by atoms with Gasteiger partial charge in [-0.25, -0.2) is 0 Å². The number of hydrogen-bond donors (Lipinski definition) is 1. The van der Waals surface area contributed by atoms with Gasteiger partial charge >= 0.3 is 8.80 Å².